The lowest BCUT2D eigenvalue weighted by atomic mass is 10.2. The Morgan fingerprint density at radius 2 is 1.41 bits per heavy atom. The SMILES string of the molecule is O=[N+]([O-])c1ccn([B-]n2ccc([N+](=O)[O-])n2)n1. The maximum absolute atomic E-state index is 10.4. The second kappa shape index (κ2) is 4.04. The third-order valence-corrected chi connectivity index (χ3v) is 1.80. The van der Waals surface area contributed by atoms with Gasteiger partial charge in [0.25, 0.3) is 0 Å². The first-order valence-corrected chi connectivity index (χ1v) is 4.30. The number of nitrogens with zero attached hydrogens (tertiary/aromatic N) is 6. The molecule has 11 heteroatoms. The number of nitro groups is 2. The Hall–Kier alpha value is -2.72. The molecule has 0 aliphatic rings. The summed E-state index contributed by atoms with van der Waals surface area (Å²) in [6.45, 7) is 0. The zero-order chi connectivity index (χ0) is 12.4. The standard InChI is InChI=1S/C6H4BN6O4/c14-12(15)5-1-3-10(8-5)7-11-4-2-6(9-11)13(16)17/h1-4H/q-1. The van der Waals surface area contributed by atoms with Crippen molar-refractivity contribution >= 4 is 19.2 Å². The fourth-order valence-electron chi connectivity index (χ4n) is 1.10. The van der Waals surface area contributed by atoms with E-state index in [2.05, 4.69) is 10.2 Å². The topological polar surface area (TPSA) is 122 Å². The minimum absolute atomic E-state index is 0.317. The van der Waals surface area contributed by atoms with Crippen LogP contribution in [0.5, 0.6) is 0 Å². The molecule has 0 aromatic carbocycles. The summed E-state index contributed by atoms with van der Waals surface area (Å²) in [5, 5.41) is 27.9. The van der Waals surface area contributed by atoms with E-state index in [-0.39, 0.29) is 11.6 Å². The van der Waals surface area contributed by atoms with Crippen molar-refractivity contribution in [3.05, 3.63) is 44.8 Å². The zero-order valence-corrected chi connectivity index (χ0v) is 8.20. The summed E-state index contributed by atoms with van der Waals surface area (Å²) < 4.78 is 2.27. The molecule has 0 saturated heterocycles. The predicted molar refractivity (Wildman–Crippen MR) is 54.3 cm³/mol. The molecule has 2 aromatic rings. The van der Waals surface area contributed by atoms with Crippen LogP contribution < -0.4 is 0 Å². The van der Waals surface area contributed by atoms with Gasteiger partial charge in [-0.2, -0.15) is 0 Å². The highest BCUT2D eigenvalue weighted by Crippen LogP contribution is 2.06. The van der Waals surface area contributed by atoms with Crippen molar-refractivity contribution < 1.29 is 9.85 Å². The van der Waals surface area contributed by atoms with E-state index in [1.54, 1.807) is 0 Å². The fourth-order valence-corrected chi connectivity index (χ4v) is 1.10. The first-order chi connectivity index (χ1) is 8.06. The molecule has 2 heterocycles. The smallest absolute Gasteiger partial charge is 0.384 e. The van der Waals surface area contributed by atoms with E-state index < -0.39 is 9.85 Å². The molecule has 0 amide bonds. The molecule has 0 fully saturated rings. The molecule has 2 radical (unpaired) electrons. The second-order valence-corrected chi connectivity index (χ2v) is 2.94. The average molecular weight is 235 g/mol. The number of aromatic nitrogens is 4. The Kier molecular flexibility index (Phi) is 2.56. The van der Waals surface area contributed by atoms with Crippen molar-refractivity contribution in [1.82, 2.24) is 19.4 Å². The van der Waals surface area contributed by atoms with Crippen LogP contribution in [-0.2, 0) is 0 Å². The summed E-state index contributed by atoms with van der Waals surface area (Å²) >= 11 is 0. The lowest BCUT2D eigenvalue weighted by Crippen LogP contribution is -2.18. The van der Waals surface area contributed by atoms with E-state index in [4.69, 9.17) is 0 Å². The van der Waals surface area contributed by atoms with Crippen LogP contribution in [0.25, 0.3) is 0 Å². The average Bonchev–Trinajstić information content (AvgIpc) is 2.87. The maximum Gasteiger partial charge on any atom is 0.384 e. The van der Waals surface area contributed by atoms with Gasteiger partial charge in [0.2, 0.25) is 0 Å². The molecule has 0 bridgehead atoms. The van der Waals surface area contributed by atoms with Crippen molar-refractivity contribution in [2.24, 2.45) is 0 Å². The zero-order valence-electron chi connectivity index (χ0n) is 8.20. The Bertz CT molecular complexity index is 526. The molecular formula is C6H4BN6O4-. The Labute approximate surface area is 94.0 Å². The van der Waals surface area contributed by atoms with Crippen molar-refractivity contribution in [3.63, 3.8) is 0 Å². The van der Waals surface area contributed by atoms with E-state index in [0.717, 1.165) is 9.19 Å². The van der Waals surface area contributed by atoms with E-state index in [0.29, 0.717) is 0 Å². The molecule has 0 N–H and O–H groups in total. The van der Waals surface area contributed by atoms with Gasteiger partial charge in [-0.15, -0.1) is 0 Å². The summed E-state index contributed by atoms with van der Waals surface area (Å²) in [5.74, 6) is -0.634. The molecule has 0 aliphatic carbocycles. The van der Waals surface area contributed by atoms with E-state index in [1.165, 1.54) is 32.1 Å². The molecule has 0 atom stereocenters. The van der Waals surface area contributed by atoms with Gasteiger partial charge in [-0.05, 0) is 9.85 Å². The lowest BCUT2D eigenvalue weighted by Gasteiger charge is -2.07. The number of hydrogen-bond acceptors (Lipinski definition) is 6. The molecule has 0 spiro atoms. The van der Waals surface area contributed by atoms with Gasteiger partial charge in [0.05, 0.1) is 19.7 Å². The van der Waals surface area contributed by atoms with E-state index in [1.807, 2.05) is 0 Å². The van der Waals surface area contributed by atoms with Gasteiger partial charge in [-0.1, -0.05) is 0 Å². The van der Waals surface area contributed by atoms with Gasteiger partial charge in [0.1, 0.15) is 0 Å². The fraction of sp³-hybridized carbons (Fsp3) is 0. The monoisotopic (exact) mass is 235 g/mol. The Morgan fingerprint density at radius 3 is 1.71 bits per heavy atom. The maximum atomic E-state index is 10.4. The van der Waals surface area contributed by atoms with Crippen molar-refractivity contribution in [1.29, 1.82) is 0 Å². The first kappa shape index (κ1) is 10.8. The van der Waals surface area contributed by atoms with Crippen LogP contribution in [0.2, 0.25) is 0 Å². The van der Waals surface area contributed by atoms with Crippen LogP contribution in [0, 0.1) is 20.2 Å². The van der Waals surface area contributed by atoms with Crippen molar-refractivity contribution in [3.8, 4) is 0 Å². The molecule has 2 aromatic heterocycles. The van der Waals surface area contributed by atoms with Gasteiger partial charge in [-0.25, -0.2) is 0 Å². The largest absolute Gasteiger partial charge is 0.394 e. The molecule has 17 heavy (non-hydrogen) atoms. The molecule has 86 valence electrons. The van der Waals surface area contributed by atoms with Gasteiger partial charge < -0.3 is 29.4 Å². The van der Waals surface area contributed by atoms with Crippen LogP contribution >= 0.6 is 0 Å². The summed E-state index contributed by atoms with van der Waals surface area (Å²) in [7, 11) is 1.26. The molecule has 2 rings (SSSR count). The third-order valence-electron chi connectivity index (χ3n) is 1.80. The molecule has 0 saturated carbocycles. The molecule has 0 unspecified atom stereocenters. The highest BCUT2D eigenvalue weighted by atomic mass is 16.6. The normalized spacial score (nSPS) is 10.4. The van der Waals surface area contributed by atoms with E-state index >= 15 is 0 Å². The quantitative estimate of drug-likeness (QED) is 0.411. The summed E-state index contributed by atoms with van der Waals surface area (Å²) in [6, 6.07) is 2.41. The molecule has 10 nitrogen and oxygen atoms in total. The third kappa shape index (κ3) is 2.27. The minimum atomic E-state index is -0.643. The highest BCUT2D eigenvalue weighted by Gasteiger charge is 2.08. The summed E-state index contributed by atoms with van der Waals surface area (Å²) in [4.78, 5) is 19.4. The summed E-state index contributed by atoms with van der Waals surface area (Å²) in [6.07, 6.45) is 2.68. The van der Waals surface area contributed by atoms with Gasteiger partial charge in [0, 0.05) is 22.6 Å². The molecular weight excluding hydrogens is 231 g/mol. The van der Waals surface area contributed by atoms with E-state index in [9.17, 15) is 20.2 Å². The van der Waals surface area contributed by atoms with Crippen LogP contribution in [0.4, 0.5) is 11.6 Å². The number of rotatable bonds is 4. The lowest BCUT2D eigenvalue weighted by molar-refractivity contribution is -0.389. The Morgan fingerprint density at radius 1 is 1.00 bits per heavy atom. The highest BCUT2D eigenvalue weighted by molar-refractivity contribution is 6.30. The second-order valence-electron chi connectivity index (χ2n) is 2.94. The van der Waals surface area contributed by atoms with Crippen LogP contribution in [0.1, 0.15) is 0 Å². The van der Waals surface area contributed by atoms with Crippen LogP contribution in [0.3, 0.4) is 0 Å². The van der Waals surface area contributed by atoms with Crippen LogP contribution in [0.15, 0.2) is 24.5 Å². The number of hydrogen-bond donors (Lipinski definition) is 0. The summed E-state index contributed by atoms with van der Waals surface area (Å²) in [5.41, 5.74) is 0. The van der Waals surface area contributed by atoms with Gasteiger partial charge >= 0.3 is 11.6 Å². The molecule has 0 aliphatic heterocycles. The van der Waals surface area contributed by atoms with Crippen molar-refractivity contribution in [2.75, 3.05) is 0 Å². The van der Waals surface area contributed by atoms with Gasteiger partial charge in [0.15, 0.2) is 0 Å². The van der Waals surface area contributed by atoms with Gasteiger partial charge in [-0.3, -0.25) is 0 Å². The predicted octanol–water partition coefficient (Wildman–Crippen LogP) is -0.173. The minimum Gasteiger partial charge on any atom is -0.394 e. The first-order valence-electron chi connectivity index (χ1n) is 4.30. The van der Waals surface area contributed by atoms with Crippen LogP contribution in [-0.4, -0.2) is 36.8 Å². The Balaban J connectivity index is 2.13. The van der Waals surface area contributed by atoms with Crippen molar-refractivity contribution in [2.45, 2.75) is 0 Å².